The molecule has 0 atom stereocenters. The van der Waals surface area contributed by atoms with Gasteiger partial charge in [0.05, 0.1) is 11.1 Å². The van der Waals surface area contributed by atoms with Crippen LogP contribution in [0.15, 0.2) is 48.5 Å². The molecule has 2 aromatic rings. The number of amides is 3. The minimum atomic E-state index is -0.377. The number of thiocarbonyl (C=S) groups is 1. The topological polar surface area (TPSA) is 81.8 Å². The SMILES string of the molecule is CCN(CC)c1ccc(NC(=S)NC(=O)CCN2C(=O)c3ccccc3C2=O)cc1. The second-order valence-corrected chi connectivity index (χ2v) is 7.19. The van der Waals surface area contributed by atoms with Crippen molar-refractivity contribution in [2.45, 2.75) is 20.3 Å². The number of imide groups is 1. The maximum absolute atomic E-state index is 12.3. The highest BCUT2D eigenvalue weighted by Gasteiger charge is 2.34. The van der Waals surface area contributed by atoms with Crippen molar-refractivity contribution in [1.29, 1.82) is 0 Å². The average molecular weight is 425 g/mol. The van der Waals surface area contributed by atoms with E-state index in [-0.39, 0.29) is 35.8 Å². The summed E-state index contributed by atoms with van der Waals surface area (Å²) < 4.78 is 0. The van der Waals surface area contributed by atoms with Crippen LogP contribution in [-0.4, -0.2) is 47.4 Å². The first kappa shape index (κ1) is 21.4. The Hall–Kier alpha value is -3.26. The standard InChI is InChI=1S/C22H24N4O3S/c1-3-25(4-2)16-11-9-15(10-12-16)23-22(30)24-19(27)13-14-26-20(28)17-7-5-6-8-18(17)21(26)29/h5-12H,3-4,13-14H2,1-2H3,(H2,23,24,27,30). The molecule has 1 heterocycles. The molecule has 0 radical (unpaired) electrons. The molecule has 0 bridgehead atoms. The highest BCUT2D eigenvalue weighted by molar-refractivity contribution is 7.80. The summed E-state index contributed by atoms with van der Waals surface area (Å²) in [4.78, 5) is 40.2. The van der Waals surface area contributed by atoms with Crippen LogP contribution in [0.5, 0.6) is 0 Å². The normalized spacial score (nSPS) is 12.5. The summed E-state index contributed by atoms with van der Waals surface area (Å²) in [5, 5.41) is 5.72. The molecule has 0 saturated heterocycles. The van der Waals surface area contributed by atoms with Crippen LogP contribution in [0.3, 0.4) is 0 Å². The molecule has 0 unspecified atom stereocenters. The summed E-state index contributed by atoms with van der Waals surface area (Å²) in [6.07, 6.45) is -0.0335. The predicted octanol–water partition coefficient (Wildman–Crippen LogP) is 3.03. The third-order valence-corrected chi connectivity index (χ3v) is 5.15. The molecule has 1 aliphatic rings. The minimum absolute atomic E-state index is 0.000634. The minimum Gasteiger partial charge on any atom is -0.372 e. The van der Waals surface area contributed by atoms with Crippen molar-refractivity contribution in [3.63, 3.8) is 0 Å². The monoisotopic (exact) mass is 424 g/mol. The van der Waals surface area contributed by atoms with Gasteiger partial charge in [0.1, 0.15) is 0 Å². The van der Waals surface area contributed by atoms with Gasteiger partial charge >= 0.3 is 0 Å². The van der Waals surface area contributed by atoms with E-state index in [0.29, 0.717) is 11.1 Å². The van der Waals surface area contributed by atoms with E-state index >= 15 is 0 Å². The van der Waals surface area contributed by atoms with E-state index in [0.717, 1.165) is 29.4 Å². The van der Waals surface area contributed by atoms with Crippen molar-refractivity contribution in [2.24, 2.45) is 0 Å². The van der Waals surface area contributed by atoms with Crippen molar-refractivity contribution in [3.05, 3.63) is 59.7 Å². The van der Waals surface area contributed by atoms with Crippen molar-refractivity contribution in [2.75, 3.05) is 29.9 Å². The van der Waals surface area contributed by atoms with E-state index in [1.54, 1.807) is 24.3 Å². The molecule has 0 spiro atoms. The number of anilines is 2. The fourth-order valence-corrected chi connectivity index (χ4v) is 3.58. The zero-order valence-corrected chi connectivity index (χ0v) is 17.8. The molecule has 8 heteroatoms. The summed E-state index contributed by atoms with van der Waals surface area (Å²) in [5.74, 6) is -1.13. The van der Waals surface area contributed by atoms with E-state index < -0.39 is 0 Å². The van der Waals surface area contributed by atoms with Gasteiger partial charge in [-0.05, 0) is 62.5 Å². The lowest BCUT2D eigenvalue weighted by Gasteiger charge is -2.21. The highest BCUT2D eigenvalue weighted by atomic mass is 32.1. The molecule has 30 heavy (non-hydrogen) atoms. The molecule has 2 N–H and O–H groups in total. The number of hydrogen-bond donors (Lipinski definition) is 2. The summed E-state index contributed by atoms with van der Waals surface area (Å²) in [6, 6.07) is 14.4. The van der Waals surface area contributed by atoms with Crippen LogP contribution >= 0.6 is 12.2 Å². The molecule has 0 aliphatic carbocycles. The Bertz CT molecular complexity index is 936. The highest BCUT2D eigenvalue weighted by Crippen LogP contribution is 2.22. The zero-order valence-electron chi connectivity index (χ0n) is 17.0. The van der Waals surface area contributed by atoms with Gasteiger partial charge in [-0.25, -0.2) is 0 Å². The number of benzene rings is 2. The quantitative estimate of drug-likeness (QED) is 0.525. The Balaban J connectivity index is 1.49. The number of rotatable bonds is 7. The maximum atomic E-state index is 12.3. The van der Waals surface area contributed by atoms with Crippen LogP contribution in [0.4, 0.5) is 11.4 Å². The molecule has 0 aromatic heterocycles. The number of nitrogens with one attached hydrogen (secondary N) is 2. The van der Waals surface area contributed by atoms with Gasteiger partial charge in [-0.15, -0.1) is 0 Å². The first-order valence-electron chi connectivity index (χ1n) is 9.85. The molecule has 156 valence electrons. The molecule has 3 rings (SSSR count). The molecular formula is C22H24N4O3S. The Morgan fingerprint density at radius 1 is 0.967 bits per heavy atom. The van der Waals surface area contributed by atoms with E-state index in [9.17, 15) is 14.4 Å². The van der Waals surface area contributed by atoms with Crippen LogP contribution in [0, 0.1) is 0 Å². The van der Waals surface area contributed by atoms with E-state index in [1.165, 1.54) is 0 Å². The second kappa shape index (κ2) is 9.49. The summed E-state index contributed by atoms with van der Waals surface area (Å²) >= 11 is 5.19. The van der Waals surface area contributed by atoms with Gasteiger partial charge in [0, 0.05) is 37.4 Å². The third kappa shape index (κ3) is 4.65. The number of carbonyl (C=O) groups is 3. The predicted molar refractivity (Wildman–Crippen MR) is 121 cm³/mol. The number of hydrogen-bond acceptors (Lipinski definition) is 5. The lowest BCUT2D eigenvalue weighted by atomic mass is 10.1. The Morgan fingerprint density at radius 2 is 1.53 bits per heavy atom. The smallest absolute Gasteiger partial charge is 0.261 e. The van der Waals surface area contributed by atoms with E-state index in [4.69, 9.17) is 12.2 Å². The van der Waals surface area contributed by atoms with Crippen LogP contribution in [0.25, 0.3) is 0 Å². The maximum Gasteiger partial charge on any atom is 0.261 e. The Morgan fingerprint density at radius 3 is 2.07 bits per heavy atom. The Labute approximate surface area is 181 Å². The third-order valence-electron chi connectivity index (χ3n) is 4.95. The number of carbonyl (C=O) groups excluding carboxylic acids is 3. The molecule has 1 aliphatic heterocycles. The van der Waals surface area contributed by atoms with Crippen molar-refractivity contribution >= 4 is 46.4 Å². The number of nitrogens with zero attached hydrogens (tertiary/aromatic N) is 2. The van der Waals surface area contributed by atoms with Crippen LogP contribution < -0.4 is 15.5 Å². The van der Waals surface area contributed by atoms with Crippen LogP contribution in [-0.2, 0) is 4.79 Å². The molecule has 0 saturated carbocycles. The fraction of sp³-hybridized carbons (Fsp3) is 0.273. The van der Waals surface area contributed by atoms with Gasteiger partial charge < -0.3 is 15.5 Å². The van der Waals surface area contributed by atoms with Crippen LogP contribution in [0.2, 0.25) is 0 Å². The fourth-order valence-electron chi connectivity index (χ4n) is 3.35. The molecular weight excluding hydrogens is 400 g/mol. The second-order valence-electron chi connectivity index (χ2n) is 6.78. The summed E-state index contributed by atoms with van der Waals surface area (Å²) in [6.45, 7) is 6.04. The van der Waals surface area contributed by atoms with Gasteiger partial charge in [0.2, 0.25) is 5.91 Å². The first-order valence-corrected chi connectivity index (χ1v) is 10.3. The van der Waals surface area contributed by atoms with Crippen molar-refractivity contribution < 1.29 is 14.4 Å². The lowest BCUT2D eigenvalue weighted by Crippen LogP contribution is -2.38. The van der Waals surface area contributed by atoms with Gasteiger partial charge in [-0.2, -0.15) is 0 Å². The van der Waals surface area contributed by atoms with Crippen LogP contribution in [0.1, 0.15) is 41.0 Å². The molecule has 0 fully saturated rings. The summed E-state index contributed by atoms with van der Waals surface area (Å²) in [5.41, 5.74) is 2.61. The van der Waals surface area contributed by atoms with E-state index in [1.807, 2.05) is 24.3 Å². The molecule has 7 nitrogen and oxygen atoms in total. The van der Waals surface area contributed by atoms with E-state index in [2.05, 4.69) is 29.4 Å². The largest absolute Gasteiger partial charge is 0.372 e. The Kier molecular flexibility index (Phi) is 6.79. The lowest BCUT2D eigenvalue weighted by molar-refractivity contribution is -0.119. The van der Waals surface area contributed by atoms with Gasteiger partial charge in [-0.3, -0.25) is 19.3 Å². The molecule has 2 aromatic carbocycles. The summed E-state index contributed by atoms with van der Waals surface area (Å²) in [7, 11) is 0. The number of fused-ring (bicyclic) bond motifs is 1. The average Bonchev–Trinajstić information content (AvgIpc) is 2.99. The first-order chi connectivity index (χ1) is 14.4. The van der Waals surface area contributed by atoms with Gasteiger partial charge in [0.15, 0.2) is 5.11 Å². The zero-order chi connectivity index (χ0) is 21.7. The van der Waals surface area contributed by atoms with Gasteiger partial charge in [0.25, 0.3) is 11.8 Å². The molecule has 3 amide bonds. The van der Waals surface area contributed by atoms with Gasteiger partial charge in [-0.1, -0.05) is 12.1 Å². The van der Waals surface area contributed by atoms with Crippen molar-refractivity contribution in [3.8, 4) is 0 Å². The van der Waals surface area contributed by atoms with Crippen molar-refractivity contribution in [1.82, 2.24) is 10.2 Å².